The highest BCUT2D eigenvalue weighted by Gasteiger charge is 2.27. The van der Waals surface area contributed by atoms with Crippen LogP contribution >= 0.6 is 7.82 Å². The number of rotatable bonds is 50. The minimum atomic E-state index is -4.38. The number of phosphoric ester groups is 1. The number of likely N-dealkylation sites (N-methyl/N-ethyl adjacent to an activating group) is 1. The van der Waals surface area contributed by atoms with Crippen molar-refractivity contribution in [2.45, 2.75) is 238 Å². The quantitative estimate of drug-likeness (QED) is 0.0211. The Morgan fingerprint density at radius 3 is 1.25 bits per heavy atom. The summed E-state index contributed by atoms with van der Waals surface area (Å²) >= 11 is 0. The lowest BCUT2D eigenvalue weighted by atomic mass is 10.0. The molecule has 9 nitrogen and oxygen atoms in total. The van der Waals surface area contributed by atoms with Crippen molar-refractivity contribution in [2.24, 2.45) is 0 Å². The van der Waals surface area contributed by atoms with Crippen molar-refractivity contribution >= 4 is 19.8 Å². The first kappa shape index (κ1) is 65.5. The van der Waals surface area contributed by atoms with E-state index in [9.17, 15) is 19.0 Å². The summed E-state index contributed by atoms with van der Waals surface area (Å²) in [6.07, 6.45) is 63.9. The van der Waals surface area contributed by atoms with E-state index in [4.69, 9.17) is 18.5 Å². The summed E-state index contributed by atoms with van der Waals surface area (Å²) in [5.74, 6) is -0.798. The average Bonchev–Trinajstić information content (AvgIpc) is 3.30. The monoisotopic (exact) mass is 975 g/mol. The molecule has 0 fully saturated rings. The van der Waals surface area contributed by atoms with Gasteiger partial charge < -0.3 is 18.9 Å². The van der Waals surface area contributed by atoms with E-state index in [1.165, 1.54) is 116 Å². The number of hydrogen-bond donors (Lipinski definition) is 1. The zero-order valence-corrected chi connectivity index (χ0v) is 45.5. The number of phosphoric acid groups is 1. The molecule has 0 saturated carbocycles. The third-order valence-corrected chi connectivity index (χ3v) is 12.7. The van der Waals surface area contributed by atoms with Crippen LogP contribution in [0, 0.1) is 0 Å². The van der Waals surface area contributed by atoms with Crippen molar-refractivity contribution in [1.82, 2.24) is 0 Å². The number of ether oxygens (including phenoxy) is 2. The summed E-state index contributed by atoms with van der Waals surface area (Å²) in [5, 5.41) is 0. The van der Waals surface area contributed by atoms with Crippen molar-refractivity contribution in [1.29, 1.82) is 0 Å². The molecule has 0 rings (SSSR count). The fourth-order valence-electron chi connectivity index (χ4n) is 7.49. The molecule has 68 heavy (non-hydrogen) atoms. The van der Waals surface area contributed by atoms with E-state index >= 15 is 0 Å². The van der Waals surface area contributed by atoms with Gasteiger partial charge >= 0.3 is 19.8 Å². The highest BCUT2D eigenvalue weighted by atomic mass is 31.2. The molecule has 394 valence electrons. The molecular weight excluding hydrogens is 870 g/mol. The van der Waals surface area contributed by atoms with Crippen LogP contribution in [0.5, 0.6) is 0 Å². The van der Waals surface area contributed by atoms with Gasteiger partial charge in [0.1, 0.15) is 19.8 Å². The molecule has 0 spiro atoms. The Kier molecular flexibility index (Phi) is 47.6. The van der Waals surface area contributed by atoms with Gasteiger partial charge in [0, 0.05) is 12.8 Å². The largest absolute Gasteiger partial charge is 0.472 e. The fraction of sp³-hybridized carbons (Fsp3) is 0.759. The molecule has 0 radical (unpaired) electrons. The van der Waals surface area contributed by atoms with Crippen LogP contribution in [0.1, 0.15) is 232 Å². The van der Waals surface area contributed by atoms with Crippen molar-refractivity contribution < 1.29 is 42.1 Å². The Hall–Kier alpha value is -2.55. The third kappa shape index (κ3) is 52.8. The van der Waals surface area contributed by atoms with Gasteiger partial charge in [0.25, 0.3) is 0 Å². The van der Waals surface area contributed by atoms with Gasteiger partial charge in [-0.1, -0.05) is 228 Å². The maximum absolute atomic E-state index is 12.8. The Morgan fingerprint density at radius 2 is 0.838 bits per heavy atom. The molecule has 0 aromatic carbocycles. The fourth-order valence-corrected chi connectivity index (χ4v) is 8.23. The predicted molar refractivity (Wildman–Crippen MR) is 289 cm³/mol. The first-order chi connectivity index (χ1) is 33.0. The molecule has 0 heterocycles. The molecule has 0 aromatic rings. The van der Waals surface area contributed by atoms with Crippen molar-refractivity contribution in [3.8, 4) is 0 Å². The van der Waals surface area contributed by atoms with Gasteiger partial charge in [-0.3, -0.25) is 18.6 Å². The maximum Gasteiger partial charge on any atom is 0.472 e. The van der Waals surface area contributed by atoms with Crippen molar-refractivity contribution in [2.75, 3.05) is 47.5 Å². The normalized spacial score (nSPS) is 13.9. The number of quaternary nitrogens is 1. The summed E-state index contributed by atoms with van der Waals surface area (Å²) in [4.78, 5) is 35.6. The number of nitrogens with zero attached hydrogens (tertiary/aromatic N) is 1. The van der Waals surface area contributed by atoms with E-state index in [0.717, 1.165) is 83.5 Å². The van der Waals surface area contributed by atoms with Crippen LogP contribution in [-0.2, 0) is 32.7 Å². The molecule has 0 saturated heterocycles. The van der Waals surface area contributed by atoms with E-state index in [0.29, 0.717) is 17.4 Å². The second-order valence-corrected chi connectivity index (χ2v) is 21.0. The summed E-state index contributed by atoms with van der Waals surface area (Å²) in [6.45, 7) is 4.33. The molecular formula is C58H105NO8P+. The van der Waals surface area contributed by atoms with Crippen LogP contribution in [0.2, 0.25) is 0 Å². The van der Waals surface area contributed by atoms with Gasteiger partial charge in [0.15, 0.2) is 6.10 Å². The van der Waals surface area contributed by atoms with Crippen molar-refractivity contribution in [3.05, 3.63) is 72.9 Å². The van der Waals surface area contributed by atoms with Crippen LogP contribution < -0.4 is 0 Å². The first-order valence-corrected chi connectivity index (χ1v) is 29.2. The van der Waals surface area contributed by atoms with E-state index < -0.39 is 26.5 Å². The number of carbonyl (C=O) groups is 2. The summed E-state index contributed by atoms with van der Waals surface area (Å²) < 4.78 is 34.5. The molecule has 0 aliphatic heterocycles. The molecule has 0 aliphatic rings. The summed E-state index contributed by atoms with van der Waals surface area (Å²) in [6, 6.07) is 0. The van der Waals surface area contributed by atoms with Crippen LogP contribution in [0.4, 0.5) is 0 Å². The molecule has 2 atom stereocenters. The highest BCUT2D eigenvalue weighted by Crippen LogP contribution is 2.43. The minimum absolute atomic E-state index is 0.0295. The molecule has 0 amide bonds. The van der Waals surface area contributed by atoms with Gasteiger partial charge in [0.05, 0.1) is 27.7 Å². The summed E-state index contributed by atoms with van der Waals surface area (Å²) in [5.41, 5.74) is 0. The molecule has 0 aliphatic carbocycles. The first-order valence-electron chi connectivity index (χ1n) is 27.7. The lowest BCUT2D eigenvalue weighted by Crippen LogP contribution is -2.37. The van der Waals surface area contributed by atoms with E-state index in [-0.39, 0.29) is 32.0 Å². The number of unbranched alkanes of at least 4 members (excludes halogenated alkanes) is 24. The van der Waals surface area contributed by atoms with E-state index in [1.807, 2.05) is 21.1 Å². The second kappa shape index (κ2) is 49.4. The zero-order valence-electron chi connectivity index (χ0n) is 44.6. The molecule has 1 N–H and O–H groups in total. The minimum Gasteiger partial charge on any atom is -0.462 e. The van der Waals surface area contributed by atoms with E-state index in [2.05, 4.69) is 86.8 Å². The van der Waals surface area contributed by atoms with Crippen LogP contribution in [0.25, 0.3) is 0 Å². The van der Waals surface area contributed by atoms with Crippen LogP contribution in [0.15, 0.2) is 72.9 Å². The Balaban J connectivity index is 4.17. The van der Waals surface area contributed by atoms with Crippen LogP contribution in [0.3, 0.4) is 0 Å². The Morgan fingerprint density at radius 1 is 0.471 bits per heavy atom. The zero-order chi connectivity index (χ0) is 49.9. The lowest BCUT2D eigenvalue weighted by Gasteiger charge is -2.24. The lowest BCUT2D eigenvalue weighted by molar-refractivity contribution is -0.870. The van der Waals surface area contributed by atoms with Gasteiger partial charge in [-0.15, -0.1) is 0 Å². The number of hydrogen-bond acceptors (Lipinski definition) is 7. The van der Waals surface area contributed by atoms with Gasteiger partial charge in [-0.2, -0.15) is 0 Å². The summed E-state index contributed by atoms with van der Waals surface area (Å²) in [7, 11) is 1.47. The van der Waals surface area contributed by atoms with Crippen LogP contribution in [-0.4, -0.2) is 74.9 Å². The van der Waals surface area contributed by atoms with Gasteiger partial charge in [-0.25, -0.2) is 4.57 Å². The average molecular weight is 975 g/mol. The number of allylic oxidation sites excluding steroid dienone is 12. The molecule has 0 bridgehead atoms. The topological polar surface area (TPSA) is 108 Å². The smallest absolute Gasteiger partial charge is 0.462 e. The highest BCUT2D eigenvalue weighted by molar-refractivity contribution is 7.47. The van der Waals surface area contributed by atoms with E-state index in [1.54, 1.807) is 0 Å². The molecule has 0 aromatic heterocycles. The third-order valence-electron chi connectivity index (χ3n) is 11.8. The Bertz CT molecular complexity index is 1380. The second-order valence-electron chi connectivity index (χ2n) is 19.6. The molecule has 10 heteroatoms. The standard InChI is InChI=1S/C58H104NO8P/c1-6-8-10-12-14-16-18-20-22-23-24-25-26-27-28-29-30-31-32-33-34-35-37-39-41-43-45-47-49-51-58(61)67-56(55-66-68(62,63)65-53-52-59(3,4)5)54-64-57(60)50-48-46-44-42-40-38-36-21-19-17-15-13-11-9-7-2/h8,10,14,16,20,22,24-25,27-28,30-31,56H,6-7,9,11-13,15,17-19,21,23,26,29,32-55H2,1-5H3/p+1/b10-8-,16-14-,22-20-,25-24-,28-27-,31-30-. The van der Waals surface area contributed by atoms with Gasteiger partial charge in [0.2, 0.25) is 0 Å². The number of esters is 2. The van der Waals surface area contributed by atoms with Gasteiger partial charge in [-0.05, 0) is 64.2 Å². The maximum atomic E-state index is 12.8. The SMILES string of the molecule is CC/C=C\C/C=C\C/C=C\C/C=C\C/C=C\C/C=C\CCCCCCCCCCCCC(=O)OC(COC(=O)CCCCCCCCCCCCCCCCC)COP(=O)(O)OCC[N+](C)(C)C. The van der Waals surface area contributed by atoms with Crippen molar-refractivity contribution in [3.63, 3.8) is 0 Å². The number of carbonyl (C=O) groups excluding carboxylic acids is 2. The molecule has 2 unspecified atom stereocenters. The predicted octanol–water partition coefficient (Wildman–Crippen LogP) is 16.9. The Labute approximate surface area is 418 Å².